The van der Waals surface area contributed by atoms with E-state index in [1.165, 1.54) is 0 Å². The molecule has 1 aliphatic carbocycles. The van der Waals surface area contributed by atoms with Crippen LogP contribution in [0.5, 0.6) is 0 Å². The number of nitrogens with one attached hydrogen (secondary N) is 2. The number of carboxylic acids is 1. The lowest BCUT2D eigenvalue weighted by Gasteiger charge is -2.21. The van der Waals surface area contributed by atoms with Crippen LogP contribution in [-0.2, 0) is 14.3 Å². The van der Waals surface area contributed by atoms with E-state index in [0.717, 1.165) is 25.7 Å². The molecule has 1 saturated carbocycles. The first-order valence-electron chi connectivity index (χ1n) is 7.15. The van der Waals surface area contributed by atoms with Crippen LogP contribution in [0.2, 0.25) is 0 Å². The number of rotatable bonds is 6. The van der Waals surface area contributed by atoms with Crippen molar-refractivity contribution in [1.82, 2.24) is 10.6 Å². The molecule has 1 saturated heterocycles. The molecule has 0 aromatic rings. The van der Waals surface area contributed by atoms with E-state index in [1.807, 2.05) is 0 Å². The van der Waals surface area contributed by atoms with E-state index in [-0.39, 0.29) is 18.6 Å². The average molecular weight is 286 g/mol. The van der Waals surface area contributed by atoms with Crippen LogP contribution in [0.15, 0.2) is 0 Å². The third-order valence-electron chi connectivity index (χ3n) is 3.62. The van der Waals surface area contributed by atoms with Crippen LogP contribution in [0, 0.1) is 0 Å². The maximum Gasteiger partial charge on any atom is 0.314 e. The summed E-state index contributed by atoms with van der Waals surface area (Å²) >= 11 is 0. The van der Waals surface area contributed by atoms with Crippen LogP contribution in [-0.4, -0.2) is 48.7 Å². The number of hydrogen-bond acceptors (Lipinski definition) is 4. The summed E-state index contributed by atoms with van der Waals surface area (Å²) in [7, 11) is 0. The van der Waals surface area contributed by atoms with Crippen LogP contribution in [0.4, 0.5) is 4.79 Å². The number of hydrogen-bond donors (Lipinski definition) is 3. The van der Waals surface area contributed by atoms with E-state index in [0.29, 0.717) is 26.1 Å². The normalized spacial score (nSPS) is 23.9. The minimum atomic E-state index is -0.856. The zero-order chi connectivity index (χ0) is 14.4. The molecule has 0 aromatic heterocycles. The molecule has 2 amide bonds. The summed E-state index contributed by atoms with van der Waals surface area (Å²) in [5, 5.41) is 13.8. The molecule has 0 aromatic carbocycles. The quantitative estimate of drug-likeness (QED) is 0.629. The van der Waals surface area contributed by atoms with E-state index in [1.54, 1.807) is 0 Å². The van der Waals surface area contributed by atoms with Crippen molar-refractivity contribution in [3.05, 3.63) is 0 Å². The summed E-state index contributed by atoms with van der Waals surface area (Å²) in [5.74, 6) is -1.25. The fraction of sp³-hybridized carbons (Fsp3) is 0.846. The molecule has 114 valence electrons. The summed E-state index contributed by atoms with van der Waals surface area (Å²) in [5.41, 5.74) is 0. The molecular weight excluding hydrogens is 264 g/mol. The Labute approximate surface area is 118 Å². The molecule has 0 bridgehead atoms. The van der Waals surface area contributed by atoms with E-state index >= 15 is 0 Å². The second kappa shape index (κ2) is 6.90. The van der Waals surface area contributed by atoms with Gasteiger partial charge in [0.1, 0.15) is 6.10 Å². The molecule has 1 atom stereocenters. The van der Waals surface area contributed by atoms with Crippen LogP contribution in [0.25, 0.3) is 0 Å². The van der Waals surface area contributed by atoms with Crippen molar-refractivity contribution in [2.24, 2.45) is 0 Å². The highest BCUT2D eigenvalue weighted by molar-refractivity contribution is 5.73. The largest absolute Gasteiger partial charge is 0.481 e. The summed E-state index contributed by atoms with van der Waals surface area (Å²) in [6.45, 7) is 1.27. The minimum absolute atomic E-state index is 0.0579. The average Bonchev–Trinajstić information content (AvgIpc) is 3.03. The molecule has 20 heavy (non-hydrogen) atoms. The molecule has 0 radical (unpaired) electrons. The van der Waals surface area contributed by atoms with Gasteiger partial charge in [-0.3, -0.25) is 4.79 Å². The van der Waals surface area contributed by atoms with Gasteiger partial charge in [0.25, 0.3) is 0 Å². The predicted octanol–water partition coefficient (Wildman–Crippen LogP) is 0.836. The fourth-order valence-electron chi connectivity index (χ4n) is 2.60. The molecular formula is C13H22N2O5. The van der Waals surface area contributed by atoms with E-state index in [4.69, 9.17) is 14.6 Å². The van der Waals surface area contributed by atoms with Gasteiger partial charge in [-0.05, 0) is 19.3 Å². The van der Waals surface area contributed by atoms with Crippen molar-refractivity contribution in [1.29, 1.82) is 0 Å². The zero-order valence-corrected chi connectivity index (χ0v) is 11.5. The lowest BCUT2D eigenvalue weighted by Crippen LogP contribution is -2.41. The number of ether oxygens (including phenoxy) is 2. The van der Waals surface area contributed by atoms with Crippen LogP contribution in [0.1, 0.15) is 38.5 Å². The molecule has 3 N–H and O–H groups in total. The Bertz CT molecular complexity index is 355. The molecule has 7 nitrogen and oxygen atoms in total. The smallest absolute Gasteiger partial charge is 0.314 e. The lowest BCUT2D eigenvalue weighted by atomic mass is 10.2. The van der Waals surface area contributed by atoms with Crippen molar-refractivity contribution in [3.63, 3.8) is 0 Å². The second-order valence-corrected chi connectivity index (χ2v) is 5.30. The first kappa shape index (κ1) is 15.1. The van der Waals surface area contributed by atoms with Crippen molar-refractivity contribution in [3.8, 4) is 0 Å². The SMILES string of the molecule is O=C(O)CCCNC(=O)NCC1COC2(CCCC2)O1. The topological polar surface area (TPSA) is 96.9 Å². The number of amides is 2. The number of urea groups is 1. The predicted molar refractivity (Wildman–Crippen MR) is 70.3 cm³/mol. The molecule has 2 aliphatic rings. The minimum Gasteiger partial charge on any atom is -0.481 e. The third-order valence-corrected chi connectivity index (χ3v) is 3.62. The van der Waals surface area contributed by atoms with Gasteiger partial charge >= 0.3 is 12.0 Å². The van der Waals surface area contributed by atoms with Gasteiger partial charge in [0.15, 0.2) is 5.79 Å². The lowest BCUT2D eigenvalue weighted by molar-refractivity contribution is -0.160. The van der Waals surface area contributed by atoms with E-state index in [2.05, 4.69) is 10.6 Å². The maximum atomic E-state index is 11.5. The number of carboxylic acid groups (broad SMARTS) is 1. The monoisotopic (exact) mass is 286 g/mol. The number of carbonyl (C=O) groups excluding carboxylic acids is 1. The van der Waals surface area contributed by atoms with E-state index < -0.39 is 11.8 Å². The van der Waals surface area contributed by atoms with Crippen molar-refractivity contribution in [2.75, 3.05) is 19.7 Å². The third kappa shape index (κ3) is 4.35. The molecule has 7 heteroatoms. The van der Waals surface area contributed by atoms with Gasteiger partial charge in [-0.25, -0.2) is 4.79 Å². The Balaban J connectivity index is 1.56. The Hall–Kier alpha value is -1.34. The van der Waals surface area contributed by atoms with Gasteiger partial charge in [-0.1, -0.05) is 0 Å². The summed E-state index contributed by atoms with van der Waals surface area (Å²) in [6.07, 6.45) is 4.51. The number of carbonyl (C=O) groups is 2. The Morgan fingerprint density at radius 3 is 2.70 bits per heavy atom. The van der Waals surface area contributed by atoms with Crippen molar-refractivity contribution >= 4 is 12.0 Å². The first-order chi connectivity index (χ1) is 9.60. The van der Waals surface area contributed by atoms with Crippen molar-refractivity contribution in [2.45, 2.75) is 50.4 Å². The van der Waals surface area contributed by atoms with Crippen LogP contribution < -0.4 is 10.6 Å². The van der Waals surface area contributed by atoms with Gasteiger partial charge in [-0.15, -0.1) is 0 Å². The van der Waals surface area contributed by atoms with Crippen LogP contribution >= 0.6 is 0 Å². The molecule has 2 fully saturated rings. The zero-order valence-electron chi connectivity index (χ0n) is 11.5. The van der Waals surface area contributed by atoms with Gasteiger partial charge in [0, 0.05) is 32.4 Å². The summed E-state index contributed by atoms with van der Waals surface area (Å²) in [4.78, 5) is 21.8. The van der Waals surface area contributed by atoms with Gasteiger partial charge < -0.3 is 25.2 Å². The van der Waals surface area contributed by atoms with Gasteiger partial charge in [-0.2, -0.15) is 0 Å². The highest BCUT2D eigenvalue weighted by Gasteiger charge is 2.43. The Morgan fingerprint density at radius 2 is 2.00 bits per heavy atom. The van der Waals surface area contributed by atoms with Crippen molar-refractivity contribution < 1.29 is 24.2 Å². The molecule has 1 unspecified atom stereocenters. The Kier molecular flexibility index (Phi) is 5.19. The van der Waals surface area contributed by atoms with Gasteiger partial charge in [0.05, 0.1) is 6.61 Å². The second-order valence-electron chi connectivity index (χ2n) is 5.30. The molecule has 2 rings (SSSR count). The maximum absolute atomic E-state index is 11.5. The standard InChI is InChI=1S/C13H22N2O5/c16-11(17)4-3-7-14-12(18)15-8-10-9-19-13(20-10)5-1-2-6-13/h10H,1-9H2,(H,16,17)(H2,14,15,18). The highest BCUT2D eigenvalue weighted by atomic mass is 16.7. The first-order valence-corrected chi connectivity index (χ1v) is 7.15. The highest BCUT2D eigenvalue weighted by Crippen LogP contribution is 2.38. The Morgan fingerprint density at radius 1 is 1.25 bits per heavy atom. The summed E-state index contributed by atoms with van der Waals surface area (Å²) in [6, 6.07) is -0.300. The fourth-order valence-corrected chi connectivity index (χ4v) is 2.60. The number of aliphatic carboxylic acids is 1. The molecule has 1 heterocycles. The van der Waals surface area contributed by atoms with E-state index in [9.17, 15) is 9.59 Å². The molecule has 1 aliphatic heterocycles. The summed E-state index contributed by atoms with van der Waals surface area (Å²) < 4.78 is 11.6. The molecule has 1 spiro atoms. The van der Waals surface area contributed by atoms with Crippen LogP contribution in [0.3, 0.4) is 0 Å². The van der Waals surface area contributed by atoms with Gasteiger partial charge in [0.2, 0.25) is 0 Å².